The maximum Gasteiger partial charge on any atom is 0.266 e. The van der Waals surface area contributed by atoms with Gasteiger partial charge in [0.05, 0.1) is 28.7 Å². The molecule has 3 aromatic heterocycles. The molecule has 0 bridgehead atoms. The van der Waals surface area contributed by atoms with E-state index >= 15 is 0 Å². The van der Waals surface area contributed by atoms with E-state index in [0.29, 0.717) is 43.7 Å². The zero-order chi connectivity index (χ0) is 26.5. The lowest BCUT2D eigenvalue weighted by Crippen LogP contribution is -2.27. The minimum absolute atomic E-state index is 0.159. The second-order valence-electron chi connectivity index (χ2n) is 10.7. The van der Waals surface area contributed by atoms with Crippen LogP contribution in [-0.4, -0.2) is 21.4 Å². The van der Waals surface area contributed by atoms with Gasteiger partial charge in [-0.1, -0.05) is 51.1 Å². The number of carbonyl (C=O) groups is 2. The first-order valence-electron chi connectivity index (χ1n) is 12.3. The van der Waals surface area contributed by atoms with Crippen LogP contribution in [0.15, 0.2) is 41.5 Å². The largest absolute Gasteiger partial charge is 0.365 e. The van der Waals surface area contributed by atoms with Gasteiger partial charge in [0, 0.05) is 4.88 Å². The second-order valence-corrected chi connectivity index (χ2v) is 12.8. The number of aromatic nitrogens is 2. The third-order valence-electron chi connectivity index (χ3n) is 7.28. The van der Waals surface area contributed by atoms with Crippen LogP contribution in [0, 0.1) is 18.3 Å². The number of amides is 2. The number of nitrogens with one attached hydrogen (secondary N) is 1. The summed E-state index contributed by atoms with van der Waals surface area (Å²) in [4.78, 5) is 45.6. The molecular weight excluding hydrogens is 504 g/mol. The summed E-state index contributed by atoms with van der Waals surface area (Å²) >= 11 is 2.63. The number of nitrogens with two attached hydrogens (primary N) is 1. The van der Waals surface area contributed by atoms with Crippen LogP contribution in [0.3, 0.4) is 0 Å². The Balaban J connectivity index is 1.47. The minimum Gasteiger partial charge on any atom is -0.365 e. The molecule has 0 radical (unpaired) electrons. The number of anilines is 1. The Bertz CT molecular complexity index is 1570. The lowest BCUT2D eigenvalue weighted by atomic mass is 9.72. The predicted molar refractivity (Wildman–Crippen MR) is 150 cm³/mol. The Hall–Kier alpha value is -3.30. The van der Waals surface area contributed by atoms with Crippen molar-refractivity contribution in [1.82, 2.24) is 9.55 Å². The van der Waals surface area contributed by atoms with Crippen molar-refractivity contribution >= 4 is 49.7 Å². The van der Waals surface area contributed by atoms with E-state index in [1.165, 1.54) is 29.0 Å². The van der Waals surface area contributed by atoms with E-state index in [4.69, 9.17) is 5.73 Å². The first-order chi connectivity index (χ1) is 17.5. The molecule has 0 saturated heterocycles. The zero-order valence-corrected chi connectivity index (χ0v) is 23.0. The summed E-state index contributed by atoms with van der Waals surface area (Å²) in [5, 5.41) is 3.88. The van der Waals surface area contributed by atoms with Gasteiger partial charge in [-0.05, 0) is 54.2 Å². The molecule has 0 saturated carbocycles. The zero-order valence-electron chi connectivity index (χ0n) is 21.4. The van der Waals surface area contributed by atoms with E-state index in [0.717, 1.165) is 35.3 Å². The number of hydrogen-bond donors (Lipinski definition) is 2. The molecule has 1 aromatic carbocycles. The number of benzene rings is 1. The van der Waals surface area contributed by atoms with Crippen LogP contribution in [0.2, 0.25) is 0 Å². The summed E-state index contributed by atoms with van der Waals surface area (Å²) in [6.45, 7) is 8.88. The van der Waals surface area contributed by atoms with Gasteiger partial charge in [-0.3, -0.25) is 19.0 Å². The van der Waals surface area contributed by atoms with E-state index in [9.17, 15) is 14.4 Å². The van der Waals surface area contributed by atoms with Gasteiger partial charge in [0.25, 0.3) is 17.4 Å². The highest BCUT2D eigenvalue weighted by Crippen LogP contribution is 2.44. The SMILES string of the molecule is Cc1c(C(=O)Nc2sc3c(c2C(N)=O)CCC(C(C)(C)C)C3)sc2ncn(Cc3ccccc3)c(=O)c12. The van der Waals surface area contributed by atoms with Crippen molar-refractivity contribution in [2.45, 2.75) is 53.5 Å². The number of fused-ring (bicyclic) bond motifs is 2. The fraction of sp³-hybridized carbons (Fsp3) is 0.357. The number of nitrogens with zero attached hydrogens (tertiary/aromatic N) is 2. The summed E-state index contributed by atoms with van der Waals surface area (Å²) < 4.78 is 1.56. The third-order valence-corrected chi connectivity index (χ3v) is 9.65. The molecule has 1 atom stereocenters. The molecule has 1 aliphatic carbocycles. The molecule has 9 heteroatoms. The van der Waals surface area contributed by atoms with Gasteiger partial charge < -0.3 is 11.1 Å². The maximum absolute atomic E-state index is 13.4. The Labute approximate surface area is 223 Å². The normalized spacial score (nSPS) is 15.5. The second kappa shape index (κ2) is 9.54. The van der Waals surface area contributed by atoms with Gasteiger partial charge in [0.1, 0.15) is 9.83 Å². The monoisotopic (exact) mass is 534 g/mol. The highest BCUT2D eigenvalue weighted by molar-refractivity contribution is 7.21. The van der Waals surface area contributed by atoms with Gasteiger partial charge in [-0.2, -0.15) is 0 Å². The van der Waals surface area contributed by atoms with Crippen LogP contribution in [0.25, 0.3) is 10.2 Å². The molecule has 7 nitrogen and oxygen atoms in total. The predicted octanol–water partition coefficient (Wildman–Crippen LogP) is 5.38. The Morgan fingerprint density at radius 1 is 1.19 bits per heavy atom. The van der Waals surface area contributed by atoms with Crippen molar-refractivity contribution in [3.63, 3.8) is 0 Å². The quantitative estimate of drug-likeness (QED) is 0.358. The van der Waals surface area contributed by atoms with Crippen LogP contribution in [0.4, 0.5) is 5.00 Å². The standard InChI is InChI=1S/C28H30N4O3S2/c1-15-20-25(30-14-32(27(20)35)13-16-8-6-5-7-9-16)37-22(15)24(34)31-26-21(23(29)33)18-11-10-17(28(2,3)4)12-19(18)36-26/h5-9,14,17H,10-13H2,1-4H3,(H2,29,33)(H,31,34). The third kappa shape index (κ3) is 4.73. The summed E-state index contributed by atoms with van der Waals surface area (Å²) in [5.74, 6) is -0.389. The van der Waals surface area contributed by atoms with Crippen molar-refractivity contribution in [2.75, 3.05) is 5.32 Å². The number of primary amides is 1. The number of aryl methyl sites for hydroxylation is 1. The summed E-state index contributed by atoms with van der Waals surface area (Å²) in [6.07, 6.45) is 4.15. The van der Waals surface area contributed by atoms with Crippen molar-refractivity contribution in [1.29, 1.82) is 0 Å². The van der Waals surface area contributed by atoms with Crippen molar-refractivity contribution < 1.29 is 9.59 Å². The lowest BCUT2D eigenvalue weighted by Gasteiger charge is -2.33. The molecule has 37 heavy (non-hydrogen) atoms. The molecule has 3 N–H and O–H groups in total. The summed E-state index contributed by atoms with van der Waals surface area (Å²) in [6, 6.07) is 9.69. The smallest absolute Gasteiger partial charge is 0.266 e. The van der Waals surface area contributed by atoms with Crippen LogP contribution < -0.4 is 16.6 Å². The lowest BCUT2D eigenvalue weighted by molar-refractivity contribution is 0.1000. The Morgan fingerprint density at radius 3 is 2.59 bits per heavy atom. The molecule has 5 rings (SSSR count). The van der Waals surface area contributed by atoms with E-state index in [1.54, 1.807) is 11.5 Å². The highest BCUT2D eigenvalue weighted by Gasteiger charge is 2.34. The number of rotatable bonds is 5. The minimum atomic E-state index is -0.527. The van der Waals surface area contributed by atoms with E-state index in [-0.39, 0.29) is 16.9 Å². The molecule has 1 aliphatic rings. The summed E-state index contributed by atoms with van der Waals surface area (Å²) in [5.41, 5.74) is 8.72. The molecular formula is C28H30N4O3S2. The van der Waals surface area contributed by atoms with Crippen LogP contribution in [0.5, 0.6) is 0 Å². The van der Waals surface area contributed by atoms with E-state index in [1.807, 2.05) is 30.3 Å². The average Bonchev–Trinajstić information content (AvgIpc) is 3.38. The molecule has 0 aliphatic heterocycles. The molecule has 0 spiro atoms. The van der Waals surface area contributed by atoms with Gasteiger partial charge in [-0.25, -0.2) is 4.98 Å². The first kappa shape index (κ1) is 25.4. The summed E-state index contributed by atoms with van der Waals surface area (Å²) in [7, 11) is 0. The van der Waals surface area contributed by atoms with Crippen molar-refractivity contribution in [2.24, 2.45) is 17.1 Å². The Morgan fingerprint density at radius 2 is 1.92 bits per heavy atom. The maximum atomic E-state index is 13.4. The molecule has 2 amide bonds. The van der Waals surface area contributed by atoms with Gasteiger partial charge in [0.2, 0.25) is 0 Å². The van der Waals surface area contributed by atoms with Gasteiger partial charge in [-0.15, -0.1) is 22.7 Å². The molecule has 192 valence electrons. The topological polar surface area (TPSA) is 107 Å². The molecule has 3 heterocycles. The van der Waals surface area contributed by atoms with Gasteiger partial charge >= 0.3 is 0 Å². The van der Waals surface area contributed by atoms with Crippen LogP contribution in [-0.2, 0) is 19.4 Å². The number of carbonyl (C=O) groups excluding carboxylic acids is 2. The number of hydrogen-bond acceptors (Lipinski definition) is 6. The van der Waals surface area contributed by atoms with Crippen molar-refractivity contribution in [3.05, 3.63) is 79.0 Å². The fourth-order valence-corrected chi connectivity index (χ4v) is 7.46. The fourth-order valence-electron chi connectivity index (χ4n) is 5.10. The number of thiophene rings is 2. The van der Waals surface area contributed by atoms with Gasteiger partial charge in [0.15, 0.2) is 0 Å². The first-order valence-corrected chi connectivity index (χ1v) is 14.0. The molecule has 1 unspecified atom stereocenters. The van der Waals surface area contributed by atoms with Crippen LogP contribution in [0.1, 0.15) is 68.8 Å². The average molecular weight is 535 g/mol. The molecule has 4 aromatic rings. The van der Waals surface area contributed by atoms with E-state index in [2.05, 4.69) is 31.1 Å². The Kier molecular flexibility index (Phi) is 6.53. The van der Waals surface area contributed by atoms with Crippen LogP contribution >= 0.6 is 22.7 Å². The van der Waals surface area contributed by atoms with Crippen molar-refractivity contribution in [3.8, 4) is 0 Å². The highest BCUT2D eigenvalue weighted by atomic mass is 32.1. The molecule has 0 fully saturated rings. The van der Waals surface area contributed by atoms with E-state index < -0.39 is 5.91 Å².